The predicted octanol–water partition coefficient (Wildman–Crippen LogP) is 0.822. The Balaban J connectivity index is 1.90. The quantitative estimate of drug-likeness (QED) is 0.566. The van der Waals surface area contributed by atoms with Gasteiger partial charge < -0.3 is 4.98 Å². The molecule has 0 saturated carbocycles. The van der Waals surface area contributed by atoms with Crippen molar-refractivity contribution in [3.63, 3.8) is 0 Å². The van der Waals surface area contributed by atoms with Gasteiger partial charge in [0.2, 0.25) is 11.8 Å². The van der Waals surface area contributed by atoms with Crippen molar-refractivity contribution in [3.05, 3.63) is 24.3 Å². The number of aromatic amines is 1. The number of fused-ring (bicyclic) bond motifs is 1. The number of para-hydroxylation sites is 2. The Hall–Kier alpha value is -2.02. The monoisotopic (exact) mass is 264 g/mol. The van der Waals surface area contributed by atoms with E-state index in [9.17, 15) is 9.59 Å². The van der Waals surface area contributed by atoms with E-state index in [-0.39, 0.29) is 17.6 Å². The van der Waals surface area contributed by atoms with Gasteiger partial charge in [0.15, 0.2) is 5.16 Å². The van der Waals surface area contributed by atoms with Crippen LogP contribution >= 0.6 is 11.8 Å². The minimum atomic E-state index is -0.308. The lowest BCUT2D eigenvalue weighted by Gasteiger charge is -2.03. The van der Waals surface area contributed by atoms with Crippen molar-refractivity contribution < 1.29 is 9.59 Å². The number of hydrogen-bond donors (Lipinski definition) is 3. The van der Waals surface area contributed by atoms with E-state index in [1.54, 1.807) is 0 Å². The number of H-pyrrole nitrogens is 1. The highest BCUT2D eigenvalue weighted by Gasteiger charge is 2.06. The van der Waals surface area contributed by atoms with Gasteiger partial charge in [-0.25, -0.2) is 4.98 Å². The number of rotatable bonds is 3. The predicted molar refractivity (Wildman–Crippen MR) is 68.8 cm³/mol. The summed E-state index contributed by atoms with van der Waals surface area (Å²) in [4.78, 5) is 29.4. The summed E-state index contributed by atoms with van der Waals surface area (Å²) in [5.74, 6) is -0.409. The molecular weight excluding hydrogens is 252 g/mol. The number of hydrogen-bond acceptors (Lipinski definition) is 4. The second-order valence-corrected chi connectivity index (χ2v) is 4.54. The summed E-state index contributed by atoms with van der Waals surface area (Å²) < 4.78 is 0. The SMILES string of the molecule is CC(=O)NNC(=O)CSc1nc2ccccc2[nH]1. The number of nitrogens with zero attached hydrogens (tertiary/aromatic N) is 1. The summed E-state index contributed by atoms with van der Waals surface area (Å²) in [6.07, 6.45) is 0. The van der Waals surface area contributed by atoms with Crippen molar-refractivity contribution in [2.24, 2.45) is 0 Å². The molecule has 6 nitrogen and oxygen atoms in total. The number of imidazole rings is 1. The zero-order valence-electron chi connectivity index (χ0n) is 9.69. The molecule has 2 aromatic rings. The first-order valence-corrected chi connectivity index (χ1v) is 6.26. The van der Waals surface area contributed by atoms with Crippen LogP contribution in [0.5, 0.6) is 0 Å². The molecule has 0 spiro atoms. The van der Waals surface area contributed by atoms with E-state index < -0.39 is 0 Å². The minimum Gasteiger partial charge on any atom is -0.333 e. The molecule has 0 atom stereocenters. The van der Waals surface area contributed by atoms with E-state index in [0.717, 1.165) is 11.0 Å². The van der Waals surface area contributed by atoms with E-state index in [1.807, 2.05) is 24.3 Å². The number of amides is 2. The zero-order valence-corrected chi connectivity index (χ0v) is 10.5. The van der Waals surface area contributed by atoms with Crippen molar-refractivity contribution in [2.75, 3.05) is 5.75 Å². The second kappa shape index (κ2) is 5.54. The van der Waals surface area contributed by atoms with Crippen molar-refractivity contribution in [1.29, 1.82) is 0 Å². The molecule has 0 aliphatic rings. The Labute approximate surface area is 108 Å². The number of carbonyl (C=O) groups excluding carboxylic acids is 2. The van der Waals surface area contributed by atoms with E-state index in [1.165, 1.54) is 18.7 Å². The van der Waals surface area contributed by atoms with Gasteiger partial charge in [-0.3, -0.25) is 20.4 Å². The molecule has 7 heteroatoms. The Morgan fingerprint density at radius 2 is 2.11 bits per heavy atom. The lowest BCUT2D eigenvalue weighted by Crippen LogP contribution is -2.41. The molecule has 1 aromatic carbocycles. The van der Waals surface area contributed by atoms with Crippen molar-refractivity contribution >= 4 is 34.6 Å². The zero-order chi connectivity index (χ0) is 13.0. The normalized spacial score (nSPS) is 10.3. The molecule has 18 heavy (non-hydrogen) atoms. The van der Waals surface area contributed by atoms with E-state index in [4.69, 9.17) is 0 Å². The van der Waals surface area contributed by atoms with Gasteiger partial charge in [-0.1, -0.05) is 23.9 Å². The van der Waals surface area contributed by atoms with Gasteiger partial charge in [-0.2, -0.15) is 0 Å². The van der Waals surface area contributed by atoms with Crippen LogP contribution in [0.2, 0.25) is 0 Å². The topological polar surface area (TPSA) is 86.9 Å². The summed E-state index contributed by atoms with van der Waals surface area (Å²) >= 11 is 1.28. The molecule has 0 unspecified atom stereocenters. The number of benzene rings is 1. The fourth-order valence-electron chi connectivity index (χ4n) is 1.33. The highest BCUT2D eigenvalue weighted by Crippen LogP contribution is 2.18. The van der Waals surface area contributed by atoms with Gasteiger partial charge >= 0.3 is 0 Å². The number of thioether (sulfide) groups is 1. The first-order chi connectivity index (χ1) is 8.65. The van der Waals surface area contributed by atoms with Crippen molar-refractivity contribution in [1.82, 2.24) is 20.8 Å². The standard InChI is InChI=1S/C11H12N4O2S/c1-7(16)14-15-10(17)6-18-11-12-8-4-2-3-5-9(8)13-11/h2-5H,6H2,1H3,(H,12,13)(H,14,16)(H,15,17). The third-order valence-electron chi connectivity index (χ3n) is 2.09. The highest BCUT2D eigenvalue weighted by molar-refractivity contribution is 7.99. The Morgan fingerprint density at radius 1 is 1.33 bits per heavy atom. The van der Waals surface area contributed by atoms with Crippen LogP contribution in [0.15, 0.2) is 29.4 Å². The summed E-state index contributed by atoms with van der Waals surface area (Å²) in [5, 5.41) is 0.675. The fraction of sp³-hybridized carbons (Fsp3) is 0.182. The Morgan fingerprint density at radius 3 is 2.83 bits per heavy atom. The maximum Gasteiger partial charge on any atom is 0.248 e. The molecule has 0 aliphatic carbocycles. The number of carbonyl (C=O) groups is 2. The van der Waals surface area contributed by atoms with Crippen LogP contribution in [0.1, 0.15) is 6.92 Å². The minimum absolute atomic E-state index is 0.181. The Kier molecular flexibility index (Phi) is 3.83. The van der Waals surface area contributed by atoms with Gasteiger partial charge in [0.25, 0.3) is 0 Å². The largest absolute Gasteiger partial charge is 0.333 e. The second-order valence-electron chi connectivity index (χ2n) is 3.58. The van der Waals surface area contributed by atoms with Gasteiger partial charge in [0, 0.05) is 6.92 Å². The molecule has 94 valence electrons. The van der Waals surface area contributed by atoms with Gasteiger partial charge in [0.1, 0.15) is 0 Å². The molecule has 1 heterocycles. The molecule has 3 N–H and O–H groups in total. The molecule has 0 bridgehead atoms. The molecule has 0 saturated heterocycles. The number of aromatic nitrogens is 2. The lowest BCUT2D eigenvalue weighted by atomic mass is 10.3. The fourth-order valence-corrected chi connectivity index (χ4v) is 2.01. The smallest absolute Gasteiger partial charge is 0.248 e. The van der Waals surface area contributed by atoms with Crippen LogP contribution in [0.4, 0.5) is 0 Å². The maximum absolute atomic E-state index is 11.3. The maximum atomic E-state index is 11.3. The van der Waals surface area contributed by atoms with Gasteiger partial charge in [0.05, 0.1) is 16.8 Å². The van der Waals surface area contributed by atoms with Crippen LogP contribution in [-0.4, -0.2) is 27.5 Å². The third-order valence-corrected chi connectivity index (χ3v) is 2.96. The molecule has 2 rings (SSSR count). The molecule has 0 aliphatic heterocycles. The van der Waals surface area contributed by atoms with Gasteiger partial charge in [-0.05, 0) is 12.1 Å². The third kappa shape index (κ3) is 3.24. The first-order valence-electron chi connectivity index (χ1n) is 5.28. The summed E-state index contributed by atoms with van der Waals surface area (Å²) in [6, 6.07) is 7.64. The van der Waals surface area contributed by atoms with Crippen LogP contribution in [-0.2, 0) is 9.59 Å². The number of nitrogens with one attached hydrogen (secondary N) is 3. The van der Waals surface area contributed by atoms with Crippen molar-refractivity contribution in [3.8, 4) is 0 Å². The van der Waals surface area contributed by atoms with Crippen LogP contribution in [0, 0.1) is 0 Å². The summed E-state index contributed by atoms with van der Waals surface area (Å²) in [5.41, 5.74) is 6.31. The Bertz CT molecular complexity index is 548. The van der Waals surface area contributed by atoms with E-state index in [0.29, 0.717) is 5.16 Å². The summed E-state index contributed by atoms with van der Waals surface area (Å²) in [6.45, 7) is 1.33. The number of hydrazine groups is 1. The molecule has 2 amide bonds. The lowest BCUT2D eigenvalue weighted by molar-refractivity contribution is -0.126. The molecule has 1 aromatic heterocycles. The highest BCUT2D eigenvalue weighted by atomic mass is 32.2. The average molecular weight is 264 g/mol. The molecule has 0 fully saturated rings. The molecule has 0 radical (unpaired) electrons. The summed E-state index contributed by atoms with van der Waals surface area (Å²) in [7, 11) is 0. The van der Waals surface area contributed by atoms with Crippen LogP contribution < -0.4 is 10.9 Å². The van der Waals surface area contributed by atoms with E-state index >= 15 is 0 Å². The first kappa shape index (κ1) is 12.4. The van der Waals surface area contributed by atoms with Crippen LogP contribution in [0.3, 0.4) is 0 Å². The van der Waals surface area contributed by atoms with Crippen LogP contribution in [0.25, 0.3) is 11.0 Å². The van der Waals surface area contributed by atoms with Gasteiger partial charge in [-0.15, -0.1) is 0 Å². The van der Waals surface area contributed by atoms with E-state index in [2.05, 4.69) is 20.8 Å². The van der Waals surface area contributed by atoms with Crippen molar-refractivity contribution in [2.45, 2.75) is 12.1 Å². The molecular formula is C11H12N4O2S. The average Bonchev–Trinajstić information content (AvgIpc) is 2.76.